The van der Waals surface area contributed by atoms with E-state index in [1.807, 2.05) is 19.0 Å². The summed E-state index contributed by atoms with van der Waals surface area (Å²) in [5, 5.41) is 10.9. The summed E-state index contributed by atoms with van der Waals surface area (Å²) in [7, 11) is 3.81. The van der Waals surface area contributed by atoms with E-state index in [2.05, 4.69) is 0 Å². The summed E-state index contributed by atoms with van der Waals surface area (Å²) in [5.74, 6) is 0.361. The monoisotopic (exact) mass is 312 g/mol. The predicted molar refractivity (Wildman–Crippen MR) is 81.6 cm³/mol. The topological polar surface area (TPSA) is 53.0 Å². The Balaban J connectivity index is 1.86. The third-order valence-corrected chi connectivity index (χ3v) is 3.80. The minimum absolute atomic E-state index is 0.0677. The molecule has 116 valence electrons. The van der Waals surface area contributed by atoms with Gasteiger partial charge in [-0.15, -0.1) is 0 Å². The Morgan fingerprint density at radius 2 is 2.19 bits per heavy atom. The molecule has 6 heteroatoms. The van der Waals surface area contributed by atoms with E-state index >= 15 is 0 Å². The average Bonchev–Trinajstić information content (AvgIpc) is 2.79. The first-order valence-corrected chi connectivity index (χ1v) is 7.30. The second kappa shape index (κ2) is 6.64. The van der Waals surface area contributed by atoms with Gasteiger partial charge < -0.3 is 19.6 Å². The number of hydrogen-bond donors (Lipinski definition) is 1. The number of likely N-dealkylation sites (tertiary alicyclic amines) is 1. The summed E-state index contributed by atoms with van der Waals surface area (Å²) in [5.41, 5.74) is -0.830. The molecule has 0 aromatic heterocycles. The van der Waals surface area contributed by atoms with Crippen molar-refractivity contribution < 1.29 is 14.6 Å². The van der Waals surface area contributed by atoms with Crippen LogP contribution < -0.4 is 4.74 Å². The van der Waals surface area contributed by atoms with E-state index in [1.54, 1.807) is 29.2 Å². The molecule has 0 saturated carbocycles. The first-order valence-electron chi connectivity index (χ1n) is 6.92. The summed E-state index contributed by atoms with van der Waals surface area (Å²) in [6, 6.07) is 7.05. The van der Waals surface area contributed by atoms with Crippen molar-refractivity contribution in [1.29, 1.82) is 0 Å². The highest BCUT2D eigenvalue weighted by Gasteiger charge is 2.38. The van der Waals surface area contributed by atoms with Crippen LogP contribution in [0.25, 0.3) is 0 Å². The van der Waals surface area contributed by atoms with E-state index in [0.29, 0.717) is 36.8 Å². The third-order valence-electron chi connectivity index (χ3n) is 3.48. The Labute approximate surface area is 130 Å². The first kappa shape index (κ1) is 16.1. The lowest BCUT2D eigenvalue weighted by Crippen LogP contribution is -2.44. The zero-order valence-corrected chi connectivity index (χ0v) is 13.1. The maximum Gasteiger partial charge on any atom is 0.260 e. The largest absolute Gasteiger partial charge is 0.482 e. The molecule has 0 unspecified atom stereocenters. The van der Waals surface area contributed by atoms with Gasteiger partial charge in [0.05, 0.1) is 17.2 Å². The quantitative estimate of drug-likeness (QED) is 0.889. The molecule has 5 nitrogen and oxygen atoms in total. The molecule has 1 aliphatic heterocycles. The maximum absolute atomic E-state index is 12.1. The van der Waals surface area contributed by atoms with E-state index in [-0.39, 0.29) is 12.5 Å². The summed E-state index contributed by atoms with van der Waals surface area (Å²) >= 11 is 5.97. The predicted octanol–water partition coefficient (Wildman–Crippen LogP) is 1.24. The van der Waals surface area contributed by atoms with Crippen molar-refractivity contribution in [2.75, 3.05) is 40.3 Å². The molecule has 21 heavy (non-hydrogen) atoms. The van der Waals surface area contributed by atoms with Gasteiger partial charge in [-0.05, 0) is 32.6 Å². The highest BCUT2D eigenvalue weighted by Crippen LogP contribution is 2.24. The molecule has 1 amide bonds. The van der Waals surface area contributed by atoms with Crippen LogP contribution in [0.1, 0.15) is 6.42 Å². The number of aliphatic hydroxyl groups is 1. The van der Waals surface area contributed by atoms with Gasteiger partial charge >= 0.3 is 0 Å². The van der Waals surface area contributed by atoms with Crippen LogP contribution in [0.2, 0.25) is 5.02 Å². The molecular formula is C15H21ClN2O3. The van der Waals surface area contributed by atoms with E-state index in [4.69, 9.17) is 16.3 Å². The molecular weight excluding hydrogens is 292 g/mol. The molecule has 1 aromatic carbocycles. The standard InChI is InChI=1S/C15H21ClN2O3/c1-17(2)10-15(20)7-8-18(11-15)14(19)9-21-13-6-4-3-5-12(13)16/h3-6,20H,7-11H2,1-2H3/t15-/m1/s1. The SMILES string of the molecule is CN(C)C[C@]1(O)CCN(C(=O)COc2ccccc2Cl)C1. The van der Waals surface area contributed by atoms with Crippen LogP contribution in [0, 0.1) is 0 Å². The molecule has 1 heterocycles. The van der Waals surface area contributed by atoms with Gasteiger partial charge in [-0.2, -0.15) is 0 Å². The van der Waals surface area contributed by atoms with Crippen molar-refractivity contribution in [3.63, 3.8) is 0 Å². The zero-order chi connectivity index (χ0) is 15.5. The molecule has 0 spiro atoms. The van der Waals surface area contributed by atoms with Crippen LogP contribution in [-0.4, -0.2) is 66.8 Å². The van der Waals surface area contributed by atoms with Crippen LogP contribution in [0.4, 0.5) is 0 Å². The Bertz CT molecular complexity index is 509. The number of ether oxygens (including phenoxy) is 1. The van der Waals surface area contributed by atoms with E-state index < -0.39 is 5.60 Å². The molecule has 1 fully saturated rings. The number of likely N-dealkylation sites (N-methyl/N-ethyl adjacent to an activating group) is 1. The fourth-order valence-electron chi connectivity index (χ4n) is 2.58. The van der Waals surface area contributed by atoms with Gasteiger partial charge in [-0.3, -0.25) is 4.79 Å². The van der Waals surface area contributed by atoms with Gasteiger partial charge in [0.15, 0.2) is 6.61 Å². The van der Waals surface area contributed by atoms with Crippen molar-refractivity contribution in [2.24, 2.45) is 0 Å². The van der Waals surface area contributed by atoms with Gasteiger partial charge in [0.25, 0.3) is 5.91 Å². The molecule has 1 N–H and O–H groups in total. The van der Waals surface area contributed by atoms with Gasteiger partial charge in [0.1, 0.15) is 5.75 Å². The number of carbonyl (C=O) groups is 1. The number of para-hydroxylation sites is 1. The van der Waals surface area contributed by atoms with Crippen LogP contribution in [0.5, 0.6) is 5.75 Å². The number of halogens is 1. The van der Waals surface area contributed by atoms with Crippen molar-refractivity contribution in [2.45, 2.75) is 12.0 Å². The molecule has 1 aromatic rings. The summed E-state index contributed by atoms with van der Waals surface area (Å²) in [6.07, 6.45) is 0.586. The smallest absolute Gasteiger partial charge is 0.260 e. The van der Waals surface area contributed by atoms with Gasteiger partial charge in [0, 0.05) is 13.1 Å². The molecule has 0 aliphatic carbocycles. The van der Waals surface area contributed by atoms with Crippen molar-refractivity contribution in [3.05, 3.63) is 29.3 Å². The minimum atomic E-state index is -0.830. The van der Waals surface area contributed by atoms with Crippen molar-refractivity contribution in [3.8, 4) is 5.75 Å². The van der Waals surface area contributed by atoms with Crippen molar-refractivity contribution >= 4 is 17.5 Å². The normalized spacial score (nSPS) is 21.9. The molecule has 1 saturated heterocycles. The van der Waals surface area contributed by atoms with Gasteiger partial charge in [-0.1, -0.05) is 23.7 Å². The fourth-order valence-corrected chi connectivity index (χ4v) is 2.77. The Kier molecular flexibility index (Phi) is 5.08. The van der Waals surface area contributed by atoms with E-state index in [0.717, 1.165) is 0 Å². The fraction of sp³-hybridized carbons (Fsp3) is 0.533. The number of β-amino-alcohol motifs (C(OH)–C–C–N with tert-alkyl or cyclic N) is 1. The summed E-state index contributed by atoms with van der Waals surface area (Å²) in [6.45, 7) is 1.37. The van der Waals surface area contributed by atoms with Crippen LogP contribution >= 0.6 is 11.6 Å². The highest BCUT2D eigenvalue weighted by atomic mass is 35.5. The summed E-state index contributed by atoms with van der Waals surface area (Å²) in [4.78, 5) is 15.7. The molecule has 2 rings (SSSR count). The third kappa shape index (κ3) is 4.33. The second-order valence-corrected chi connectivity index (χ2v) is 6.15. The lowest BCUT2D eigenvalue weighted by atomic mass is 10.0. The number of benzene rings is 1. The van der Waals surface area contributed by atoms with Crippen LogP contribution in [-0.2, 0) is 4.79 Å². The number of hydrogen-bond acceptors (Lipinski definition) is 4. The molecule has 1 aliphatic rings. The number of nitrogens with zero attached hydrogens (tertiary/aromatic N) is 2. The zero-order valence-electron chi connectivity index (χ0n) is 12.4. The van der Waals surface area contributed by atoms with E-state index in [1.165, 1.54) is 0 Å². The molecule has 0 bridgehead atoms. The first-order chi connectivity index (χ1) is 9.89. The Morgan fingerprint density at radius 3 is 2.86 bits per heavy atom. The Hall–Kier alpha value is -1.30. The lowest BCUT2D eigenvalue weighted by molar-refractivity contribution is -0.133. The van der Waals surface area contributed by atoms with Gasteiger partial charge in [0.2, 0.25) is 0 Å². The number of carbonyl (C=O) groups excluding carboxylic acids is 1. The highest BCUT2D eigenvalue weighted by molar-refractivity contribution is 6.32. The Morgan fingerprint density at radius 1 is 1.48 bits per heavy atom. The van der Waals surface area contributed by atoms with E-state index in [9.17, 15) is 9.90 Å². The lowest BCUT2D eigenvalue weighted by Gasteiger charge is -2.26. The average molecular weight is 313 g/mol. The number of amides is 1. The van der Waals surface area contributed by atoms with Gasteiger partial charge in [-0.25, -0.2) is 0 Å². The minimum Gasteiger partial charge on any atom is -0.482 e. The second-order valence-electron chi connectivity index (χ2n) is 5.75. The maximum atomic E-state index is 12.1. The van der Waals surface area contributed by atoms with Crippen molar-refractivity contribution in [1.82, 2.24) is 9.80 Å². The number of rotatable bonds is 5. The summed E-state index contributed by atoms with van der Waals surface area (Å²) < 4.78 is 5.45. The van der Waals surface area contributed by atoms with Crippen LogP contribution in [0.15, 0.2) is 24.3 Å². The molecule has 1 atom stereocenters. The molecule has 0 radical (unpaired) electrons. The van der Waals surface area contributed by atoms with Crippen LogP contribution in [0.3, 0.4) is 0 Å².